The molecule has 0 saturated heterocycles. The van der Waals surface area contributed by atoms with Gasteiger partial charge in [-0.2, -0.15) is 0 Å². The Hall–Kier alpha value is -3.62. The van der Waals surface area contributed by atoms with Gasteiger partial charge in [0.15, 0.2) is 0 Å². The number of ether oxygens (including phenoxy) is 5. The average molecular weight is 485 g/mol. The molecule has 0 aliphatic carbocycles. The van der Waals surface area contributed by atoms with E-state index in [9.17, 15) is 9.59 Å². The van der Waals surface area contributed by atoms with Crippen molar-refractivity contribution >= 4 is 17.5 Å². The summed E-state index contributed by atoms with van der Waals surface area (Å²) in [5.74, 6) is 0.162. The normalized spacial score (nSPS) is 12.0. The Morgan fingerprint density at radius 3 is 2.51 bits per heavy atom. The number of carbonyl (C=O) groups excluding carboxylic acids is 2. The zero-order chi connectivity index (χ0) is 25.8. The molecule has 0 aromatic heterocycles. The fraction of sp³-hybridized carbons (Fsp3) is 0.333. The van der Waals surface area contributed by atoms with Crippen molar-refractivity contribution in [1.29, 1.82) is 0 Å². The minimum absolute atomic E-state index is 0.113. The number of methoxy groups -OCH3 is 3. The molecule has 0 bridgehead atoms. The highest BCUT2D eigenvalue weighted by Gasteiger charge is 2.19. The van der Waals surface area contributed by atoms with Crippen molar-refractivity contribution in [3.05, 3.63) is 77.4 Å². The van der Waals surface area contributed by atoms with E-state index >= 15 is 0 Å². The summed E-state index contributed by atoms with van der Waals surface area (Å²) in [5, 5.41) is 9.03. The van der Waals surface area contributed by atoms with E-state index in [-0.39, 0.29) is 19.8 Å². The maximum Gasteiger partial charge on any atom is 0.337 e. The Labute approximate surface area is 205 Å². The highest BCUT2D eigenvalue weighted by Crippen LogP contribution is 2.34. The van der Waals surface area contributed by atoms with Crippen molar-refractivity contribution in [3.8, 4) is 11.5 Å². The largest absolute Gasteiger partial charge is 0.496 e. The van der Waals surface area contributed by atoms with Crippen molar-refractivity contribution in [2.45, 2.75) is 19.4 Å². The predicted octanol–water partition coefficient (Wildman–Crippen LogP) is 4.13. The van der Waals surface area contributed by atoms with Gasteiger partial charge in [0, 0.05) is 26.0 Å². The zero-order valence-electron chi connectivity index (χ0n) is 20.5. The molecule has 0 radical (unpaired) electrons. The lowest BCUT2D eigenvalue weighted by Crippen LogP contribution is -2.09. The maximum absolute atomic E-state index is 12.1. The van der Waals surface area contributed by atoms with E-state index in [2.05, 4.69) is 6.58 Å². The molecule has 35 heavy (non-hydrogen) atoms. The maximum atomic E-state index is 12.1. The molecular formula is C27H32O8. The number of aliphatic hydroxyl groups excluding tert-OH is 1. The van der Waals surface area contributed by atoms with E-state index < -0.39 is 18.0 Å². The molecule has 0 unspecified atom stereocenters. The molecule has 188 valence electrons. The topological polar surface area (TPSA) is 101 Å². The number of aliphatic hydroxyl groups is 1. The first-order valence-corrected chi connectivity index (χ1v) is 11.0. The summed E-state index contributed by atoms with van der Waals surface area (Å²) < 4.78 is 26.8. The molecule has 0 saturated carbocycles. The van der Waals surface area contributed by atoms with E-state index in [1.54, 1.807) is 43.5 Å². The Bertz CT molecular complexity index is 1060. The van der Waals surface area contributed by atoms with Gasteiger partial charge in [-0.15, -0.1) is 0 Å². The van der Waals surface area contributed by atoms with Crippen LogP contribution >= 0.6 is 0 Å². The second-order valence-electron chi connectivity index (χ2n) is 7.54. The van der Waals surface area contributed by atoms with E-state index in [1.165, 1.54) is 21.1 Å². The molecule has 0 aliphatic rings. The van der Waals surface area contributed by atoms with Gasteiger partial charge in [0.25, 0.3) is 0 Å². The molecular weight excluding hydrogens is 452 g/mol. The minimum atomic E-state index is -0.620. The van der Waals surface area contributed by atoms with Crippen molar-refractivity contribution < 1.29 is 38.4 Å². The van der Waals surface area contributed by atoms with Gasteiger partial charge in [-0.05, 0) is 47.0 Å². The Morgan fingerprint density at radius 1 is 1.11 bits per heavy atom. The van der Waals surface area contributed by atoms with Gasteiger partial charge >= 0.3 is 11.9 Å². The van der Waals surface area contributed by atoms with Crippen LogP contribution in [-0.4, -0.2) is 58.2 Å². The minimum Gasteiger partial charge on any atom is -0.496 e. The molecule has 2 rings (SSSR count). The highest BCUT2D eigenvalue weighted by molar-refractivity contribution is 5.92. The third-order valence-corrected chi connectivity index (χ3v) is 5.04. The summed E-state index contributed by atoms with van der Waals surface area (Å²) >= 11 is 0. The van der Waals surface area contributed by atoms with E-state index in [1.807, 2.05) is 12.1 Å². The standard InChI is InChI=1S/C27H32O8/c1-18(17-31-3)23(24-16-21(27(30)33-5)9-11-26(24)32-4)10-12-25(35-19(2)29)20-7-6-8-22(15-20)34-14-13-28/h6-11,15-16,25,28H,1,12-14,17H2,2-5H3/b23-10-/t25-/m1/s1. The van der Waals surface area contributed by atoms with Gasteiger partial charge in [0.2, 0.25) is 0 Å². The lowest BCUT2D eigenvalue weighted by atomic mass is 9.94. The molecule has 1 atom stereocenters. The van der Waals surface area contributed by atoms with Crippen molar-refractivity contribution in [2.75, 3.05) is 41.2 Å². The number of hydrogen-bond acceptors (Lipinski definition) is 8. The summed E-state index contributed by atoms with van der Waals surface area (Å²) in [7, 11) is 4.41. The third kappa shape index (κ3) is 7.98. The first-order chi connectivity index (χ1) is 16.8. The van der Waals surface area contributed by atoms with Crippen LogP contribution in [-0.2, 0) is 19.0 Å². The Kier molecular flexibility index (Phi) is 11.0. The van der Waals surface area contributed by atoms with Gasteiger partial charge in [-0.1, -0.05) is 24.8 Å². The predicted molar refractivity (Wildman–Crippen MR) is 131 cm³/mol. The second kappa shape index (κ2) is 13.9. The van der Waals surface area contributed by atoms with Crippen LogP contribution < -0.4 is 9.47 Å². The molecule has 8 heteroatoms. The van der Waals surface area contributed by atoms with Crippen LogP contribution in [0.3, 0.4) is 0 Å². The van der Waals surface area contributed by atoms with E-state index in [0.717, 1.165) is 5.56 Å². The summed E-state index contributed by atoms with van der Waals surface area (Å²) in [6.07, 6.45) is 1.55. The lowest BCUT2D eigenvalue weighted by molar-refractivity contribution is -0.146. The lowest BCUT2D eigenvalue weighted by Gasteiger charge is -2.19. The van der Waals surface area contributed by atoms with Crippen LogP contribution in [0.5, 0.6) is 11.5 Å². The fourth-order valence-electron chi connectivity index (χ4n) is 3.51. The zero-order valence-corrected chi connectivity index (χ0v) is 20.5. The first kappa shape index (κ1) is 27.6. The number of hydrogen-bond donors (Lipinski definition) is 1. The van der Waals surface area contributed by atoms with Gasteiger partial charge in [-0.3, -0.25) is 4.79 Å². The third-order valence-electron chi connectivity index (χ3n) is 5.04. The van der Waals surface area contributed by atoms with Crippen molar-refractivity contribution in [2.24, 2.45) is 0 Å². The molecule has 0 fully saturated rings. The van der Waals surface area contributed by atoms with Crippen LogP contribution in [0.2, 0.25) is 0 Å². The van der Waals surface area contributed by atoms with Crippen LogP contribution in [0.25, 0.3) is 5.57 Å². The second-order valence-corrected chi connectivity index (χ2v) is 7.54. The molecule has 2 aromatic rings. The SMILES string of the molecule is C=C(COC)/C(=C/C[C@@H](OC(C)=O)c1cccc(OCCO)c1)c1cc(C(=O)OC)ccc1OC. The number of rotatable bonds is 13. The summed E-state index contributed by atoms with van der Waals surface area (Å²) in [5.41, 5.74) is 3.02. The van der Waals surface area contributed by atoms with Gasteiger partial charge < -0.3 is 28.8 Å². The van der Waals surface area contributed by atoms with Crippen LogP contribution in [0, 0.1) is 0 Å². The number of benzene rings is 2. The van der Waals surface area contributed by atoms with E-state index in [0.29, 0.717) is 40.2 Å². The van der Waals surface area contributed by atoms with Crippen LogP contribution in [0.15, 0.2) is 60.7 Å². The summed E-state index contributed by atoms with van der Waals surface area (Å²) in [6.45, 7) is 5.75. The molecule has 2 aromatic carbocycles. The highest BCUT2D eigenvalue weighted by atomic mass is 16.5. The average Bonchev–Trinajstić information content (AvgIpc) is 2.86. The molecule has 8 nitrogen and oxygen atoms in total. The van der Waals surface area contributed by atoms with Gasteiger partial charge in [-0.25, -0.2) is 4.79 Å². The fourth-order valence-corrected chi connectivity index (χ4v) is 3.51. The molecule has 0 amide bonds. The molecule has 0 heterocycles. The summed E-state index contributed by atoms with van der Waals surface area (Å²) in [4.78, 5) is 24.0. The first-order valence-electron chi connectivity index (χ1n) is 11.0. The monoisotopic (exact) mass is 484 g/mol. The Morgan fingerprint density at radius 2 is 1.89 bits per heavy atom. The van der Waals surface area contributed by atoms with Crippen molar-refractivity contribution in [1.82, 2.24) is 0 Å². The van der Waals surface area contributed by atoms with E-state index in [4.69, 9.17) is 28.8 Å². The van der Waals surface area contributed by atoms with Crippen molar-refractivity contribution in [3.63, 3.8) is 0 Å². The molecule has 1 N–H and O–H groups in total. The number of esters is 2. The van der Waals surface area contributed by atoms with Gasteiger partial charge in [0.1, 0.15) is 24.2 Å². The smallest absolute Gasteiger partial charge is 0.337 e. The van der Waals surface area contributed by atoms with Crippen LogP contribution in [0.1, 0.15) is 40.9 Å². The molecule has 0 aliphatic heterocycles. The van der Waals surface area contributed by atoms with Crippen LogP contribution in [0.4, 0.5) is 0 Å². The number of carbonyl (C=O) groups is 2. The summed E-state index contributed by atoms with van der Waals surface area (Å²) in [6, 6.07) is 12.1. The quantitative estimate of drug-likeness (QED) is 0.335. The van der Waals surface area contributed by atoms with Gasteiger partial charge in [0.05, 0.1) is 33.0 Å². The molecule has 0 spiro atoms. The Balaban J connectivity index is 2.52.